The summed E-state index contributed by atoms with van der Waals surface area (Å²) in [6.45, 7) is 1.84. The number of hydrogen-bond donors (Lipinski definition) is 2. The fourth-order valence-corrected chi connectivity index (χ4v) is 3.42. The molecular weight excluding hydrogens is 403 g/mol. The van der Waals surface area contributed by atoms with Gasteiger partial charge in [0.15, 0.2) is 0 Å². The molecular formula is C20H18Cl2N2O4. The molecule has 2 aromatic carbocycles. The van der Waals surface area contributed by atoms with Gasteiger partial charge in [-0.15, -0.1) is 0 Å². The zero-order valence-corrected chi connectivity index (χ0v) is 16.7. The van der Waals surface area contributed by atoms with Crippen molar-refractivity contribution < 1.29 is 19.1 Å². The molecule has 0 bridgehead atoms. The van der Waals surface area contributed by atoms with E-state index in [0.29, 0.717) is 32.6 Å². The van der Waals surface area contributed by atoms with Gasteiger partial charge < -0.3 is 20.1 Å². The molecule has 3 rings (SSSR count). The van der Waals surface area contributed by atoms with Crippen molar-refractivity contribution >= 4 is 35.2 Å². The van der Waals surface area contributed by atoms with E-state index in [2.05, 4.69) is 10.6 Å². The number of urea groups is 1. The molecule has 0 saturated heterocycles. The average molecular weight is 421 g/mol. The topological polar surface area (TPSA) is 76.7 Å². The van der Waals surface area contributed by atoms with Crippen LogP contribution in [0.15, 0.2) is 53.7 Å². The molecule has 1 aliphatic rings. The third kappa shape index (κ3) is 4.24. The number of nitrogens with one attached hydrogen (secondary N) is 2. The lowest BCUT2D eigenvalue weighted by atomic mass is 9.95. The smallest absolute Gasteiger partial charge is 0.337 e. The molecule has 0 aromatic heterocycles. The van der Waals surface area contributed by atoms with Crippen molar-refractivity contribution in [3.63, 3.8) is 0 Å². The molecule has 1 aliphatic heterocycles. The maximum absolute atomic E-state index is 12.3. The predicted octanol–water partition coefficient (Wildman–Crippen LogP) is 4.37. The number of carbonyl (C=O) groups excluding carboxylic acids is 2. The zero-order chi connectivity index (χ0) is 20.3. The van der Waals surface area contributed by atoms with Crippen LogP contribution in [0.3, 0.4) is 0 Å². The number of amides is 2. The van der Waals surface area contributed by atoms with Gasteiger partial charge in [-0.3, -0.25) is 0 Å². The van der Waals surface area contributed by atoms with E-state index in [4.69, 9.17) is 32.7 Å². The normalized spacial score (nSPS) is 16.3. The number of rotatable bonds is 5. The second-order valence-electron chi connectivity index (χ2n) is 6.12. The number of hydrogen-bond acceptors (Lipinski definition) is 4. The van der Waals surface area contributed by atoms with Gasteiger partial charge in [-0.25, -0.2) is 9.59 Å². The molecule has 28 heavy (non-hydrogen) atoms. The minimum Gasteiger partial charge on any atom is -0.488 e. The first kappa shape index (κ1) is 20.0. The van der Waals surface area contributed by atoms with E-state index in [0.717, 1.165) is 5.56 Å². The van der Waals surface area contributed by atoms with Crippen LogP contribution >= 0.6 is 23.2 Å². The minimum absolute atomic E-state index is 0.197. The molecule has 1 heterocycles. The summed E-state index contributed by atoms with van der Waals surface area (Å²) in [5, 5.41) is 6.37. The standard InChI is InChI=1S/C20H18Cl2N2O4/c1-11-17(19(25)27-2)18(24-20(26)23-11)14-5-3-4-6-16(14)28-10-12-7-8-13(21)9-15(12)22/h3-9,18H,10H2,1-2H3,(H2,23,24,26). The highest BCUT2D eigenvalue weighted by molar-refractivity contribution is 6.35. The third-order valence-corrected chi connectivity index (χ3v) is 4.89. The van der Waals surface area contributed by atoms with Crippen molar-refractivity contribution in [1.29, 1.82) is 0 Å². The Morgan fingerprint density at radius 2 is 1.93 bits per heavy atom. The average Bonchev–Trinajstić information content (AvgIpc) is 2.66. The van der Waals surface area contributed by atoms with E-state index in [1.807, 2.05) is 0 Å². The molecule has 1 unspecified atom stereocenters. The summed E-state index contributed by atoms with van der Waals surface area (Å²) < 4.78 is 10.8. The van der Waals surface area contributed by atoms with Gasteiger partial charge in [-0.05, 0) is 25.1 Å². The maximum Gasteiger partial charge on any atom is 0.337 e. The first-order valence-corrected chi connectivity index (χ1v) is 9.18. The largest absolute Gasteiger partial charge is 0.488 e. The number of ether oxygens (including phenoxy) is 2. The summed E-state index contributed by atoms with van der Waals surface area (Å²) in [5.41, 5.74) is 2.12. The van der Waals surface area contributed by atoms with Crippen LogP contribution in [-0.2, 0) is 16.1 Å². The van der Waals surface area contributed by atoms with E-state index >= 15 is 0 Å². The molecule has 0 radical (unpaired) electrons. The number of para-hydroxylation sites is 1. The first-order chi connectivity index (χ1) is 13.4. The van der Waals surface area contributed by atoms with E-state index < -0.39 is 18.0 Å². The second kappa shape index (κ2) is 8.54. The molecule has 0 fully saturated rings. The van der Waals surface area contributed by atoms with Gasteiger partial charge in [0.05, 0.1) is 18.7 Å². The number of benzene rings is 2. The lowest BCUT2D eigenvalue weighted by Gasteiger charge is -2.29. The van der Waals surface area contributed by atoms with E-state index in [1.54, 1.807) is 49.4 Å². The van der Waals surface area contributed by atoms with Crippen LogP contribution in [0.1, 0.15) is 24.1 Å². The van der Waals surface area contributed by atoms with Crippen LogP contribution in [-0.4, -0.2) is 19.1 Å². The highest BCUT2D eigenvalue weighted by atomic mass is 35.5. The van der Waals surface area contributed by atoms with Gasteiger partial charge in [-0.1, -0.05) is 47.5 Å². The fraction of sp³-hybridized carbons (Fsp3) is 0.200. The summed E-state index contributed by atoms with van der Waals surface area (Å²) in [7, 11) is 1.29. The number of methoxy groups -OCH3 is 1. The molecule has 0 spiro atoms. The first-order valence-electron chi connectivity index (χ1n) is 8.43. The Bertz CT molecular complexity index is 959. The predicted molar refractivity (Wildman–Crippen MR) is 106 cm³/mol. The Balaban J connectivity index is 1.93. The summed E-state index contributed by atoms with van der Waals surface area (Å²) in [5.74, 6) is -0.0273. The molecule has 8 heteroatoms. The van der Waals surface area contributed by atoms with Crippen LogP contribution in [0, 0.1) is 0 Å². The van der Waals surface area contributed by atoms with Gasteiger partial charge in [-0.2, -0.15) is 0 Å². The van der Waals surface area contributed by atoms with Gasteiger partial charge in [0.2, 0.25) is 0 Å². The minimum atomic E-state index is -0.710. The molecule has 2 amide bonds. The zero-order valence-electron chi connectivity index (χ0n) is 15.2. The van der Waals surface area contributed by atoms with Crippen molar-refractivity contribution in [3.05, 3.63) is 74.9 Å². The van der Waals surface area contributed by atoms with Crippen molar-refractivity contribution in [3.8, 4) is 5.75 Å². The van der Waals surface area contributed by atoms with Crippen LogP contribution in [0.4, 0.5) is 4.79 Å². The van der Waals surface area contributed by atoms with Crippen LogP contribution in [0.2, 0.25) is 10.0 Å². The molecule has 1 atom stereocenters. The molecule has 2 aromatic rings. The molecule has 0 saturated carbocycles. The third-order valence-electron chi connectivity index (χ3n) is 4.30. The molecule has 6 nitrogen and oxygen atoms in total. The van der Waals surface area contributed by atoms with Gasteiger partial charge >= 0.3 is 12.0 Å². The molecule has 0 aliphatic carbocycles. The highest BCUT2D eigenvalue weighted by Gasteiger charge is 2.33. The summed E-state index contributed by atoms with van der Waals surface area (Å²) in [6, 6.07) is 11.2. The molecule has 146 valence electrons. The number of esters is 1. The Hall–Kier alpha value is -2.70. The highest BCUT2D eigenvalue weighted by Crippen LogP contribution is 2.34. The number of allylic oxidation sites excluding steroid dienone is 1. The maximum atomic E-state index is 12.3. The van der Waals surface area contributed by atoms with Crippen LogP contribution in [0.25, 0.3) is 0 Å². The summed E-state index contributed by atoms with van der Waals surface area (Å²) >= 11 is 12.1. The Labute approximate surface area is 172 Å². The second-order valence-corrected chi connectivity index (χ2v) is 6.97. The van der Waals surface area contributed by atoms with Crippen LogP contribution in [0.5, 0.6) is 5.75 Å². The lowest BCUT2D eigenvalue weighted by molar-refractivity contribution is -0.136. The van der Waals surface area contributed by atoms with Gasteiger partial charge in [0, 0.05) is 26.9 Å². The van der Waals surface area contributed by atoms with Crippen molar-refractivity contribution in [2.24, 2.45) is 0 Å². The van der Waals surface area contributed by atoms with Gasteiger partial charge in [0.25, 0.3) is 0 Å². The number of halogens is 2. The van der Waals surface area contributed by atoms with E-state index in [9.17, 15) is 9.59 Å². The van der Waals surface area contributed by atoms with Crippen molar-refractivity contribution in [2.45, 2.75) is 19.6 Å². The summed E-state index contributed by atoms with van der Waals surface area (Å²) in [6.07, 6.45) is 0. The quantitative estimate of drug-likeness (QED) is 0.703. The van der Waals surface area contributed by atoms with Crippen LogP contribution < -0.4 is 15.4 Å². The Morgan fingerprint density at radius 1 is 1.18 bits per heavy atom. The van der Waals surface area contributed by atoms with E-state index in [1.165, 1.54) is 7.11 Å². The summed E-state index contributed by atoms with van der Waals surface area (Å²) in [4.78, 5) is 24.3. The van der Waals surface area contributed by atoms with Crippen molar-refractivity contribution in [1.82, 2.24) is 10.6 Å². The monoisotopic (exact) mass is 420 g/mol. The SMILES string of the molecule is COC(=O)C1=C(C)NC(=O)NC1c1ccccc1OCc1ccc(Cl)cc1Cl. The Morgan fingerprint density at radius 3 is 2.64 bits per heavy atom. The van der Waals surface area contributed by atoms with Crippen molar-refractivity contribution in [2.75, 3.05) is 7.11 Å². The lowest BCUT2D eigenvalue weighted by Crippen LogP contribution is -2.45. The number of carbonyl (C=O) groups is 2. The van der Waals surface area contributed by atoms with E-state index in [-0.39, 0.29) is 6.61 Å². The Kier molecular flexibility index (Phi) is 6.11. The van der Waals surface area contributed by atoms with Gasteiger partial charge in [0.1, 0.15) is 12.4 Å². The fourth-order valence-electron chi connectivity index (χ4n) is 2.95. The molecule has 2 N–H and O–H groups in total.